The van der Waals surface area contributed by atoms with E-state index >= 15 is 0 Å². The van der Waals surface area contributed by atoms with Crippen LogP contribution in [0.1, 0.15) is 41.4 Å². The first kappa shape index (κ1) is 28.1. The third kappa shape index (κ3) is 6.63. The highest BCUT2D eigenvalue weighted by atomic mass is 35.5. The second-order valence-electron chi connectivity index (χ2n) is 10.4. The van der Waals surface area contributed by atoms with Crippen molar-refractivity contribution < 1.29 is 14.3 Å². The molecule has 208 valence electrons. The topological polar surface area (TPSA) is 95.7 Å². The van der Waals surface area contributed by atoms with Gasteiger partial charge in [0.25, 0.3) is 0 Å². The number of piperidine rings is 1. The SMILES string of the molecule is Cc1cc(=O)c(O)c(C2(CC(=O)NCCc3nc(-c4ccc(Cl)cc4)cs3)CCN(Cc3ccccc3)CC2)o1. The summed E-state index contributed by atoms with van der Waals surface area (Å²) in [5.41, 5.74) is 1.85. The van der Waals surface area contributed by atoms with Gasteiger partial charge in [0, 0.05) is 53.4 Å². The number of halogens is 1. The summed E-state index contributed by atoms with van der Waals surface area (Å²) < 4.78 is 5.95. The minimum atomic E-state index is -0.768. The second kappa shape index (κ2) is 12.4. The maximum atomic E-state index is 13.2. The van der Waals surface area contributed by atoms with Crippen LogP contribution >= 0.6 is 22.9 Å². The first-order chi connectivity index (χ1) is 19.3. The minimum Gasteiger partial charge on any atom is -0.502 e. The molecule has 1 amide bonds. The summed E-state index contributed by atoms with van der Waals surface area (Å²) in [5, 5.41) is 17.4. The van der Waals surface area contributed by atoms with E-state index in [-0.39, 0.29) is 18.1 Å². The number of aromatic nitrogens is 1. The molecule has 0 bridgehead atoms. The van der Waals surface area contributed by atoms with E-state index in [9.17, 15) is 14.7 Å². The number of rotatable bonds is 9. The Balaban J connectivity index is 1.25. The smallest absolute Gasteiger partial charge is 0.227 e. The lowest BCUT2D eigenvalue weighted by molar-refractivity contribution is -0.123. The van der Waals surface area contributed by atoms with E-state index in [1.54, 1.807) is 18.3 Å². The molecule has 9 heteroatoms. The van der Waals surface area contributed by atoms with Gasteiger partial charge in [-0.2, -0.15) is 0 Å². The van der Waals surface area contributed by atoms with Crippen molar-refractivity contribution in [1.29, 1.82) is 0 Å². The number of thiazole rings is 1. The lowest BCUT2D eigenvalue weighted by Crippen LogP contribution is -2.45. The standard InChI is InChI=1S/C31H32ClN3O4S/c1-21-17-26(36)29(38)30(39-21)31(12-15-35(16-13-31)19-22-5-3-2-4-6-22)18-27(37)33-14-11-28-34-25(20-40-28)23-7-9-24(32)10-8-23/h2-10,17,20,38H,11-16,18-19H2,1H3,(H,33,37). The van der Waals surface area contributed by atoms with Gasteiger partial charge in [0.15, 0.2) is 5.76 Å². The van der Waals surface area contributed by atoms with Crippen LogP contribution in [-0.2, 0) is 23.2 Å². The number of carbonyl (C=O) groups is 1. The van der Waals surface area contributed by atoms with Crippen molar-refractivity contribution in [2.45, 2.75) is 44.6 Å². The monoisotopic (exact) mass is 577 g/mol. The Kier molecular flexibility index (Phi) is 8.69. The van der Waals surface area contributed by atoms with Crippen molar-refractivity contribution in [3.63, 3.8) is 0 Å². The number of carbonyl (C=O) groups excluding carboxylic acids is 1. The summed E-state index contributed by atoms with van der Waals surface area (Å²) in [7, 11) is 0. The number of benzene rings is 2. The highest BCUT2D eigenvalue weighted by Gasteiger charge is 2.43. The molecule has 5 rings (SSSR count). The molecule has 1 aliphatic heterocycles. The van der Waals surface area contributed by atoms with Crippen molar-refractivity contribution in [2.24, 2.45) is 0 Å². The predicted octanol–water partition coefficient (Wildman–Crippen LogP) is 5.71. The highest BCUT2D eigenvalue weighted by molar-refractivity contribution is 7.09. The van der Waals surface area contributed by atoms with Gasteiger partial charge in [-0.3, -0.25) is 14.5 Å². The molecule has 4 aromatic rings. The van der Waals surface area contributed by atoms with Gasteiger partial charge in [0.05, 0.1) is 10.7 Å². The van der Waals surface area contributed by atoms with Gasteiger partial charge >= 0.3 is 0 Å². The number of aryl methyl sites for hydroxylation is 1. The molecule has 0 aliphatic carbocycles. The summed E-state index contributed by atoms with van der Waals surface area (Å²) in [6, 6.07) is 19.1. The number of amides is 1. The molecule has 0 unspecified atom stereocenters. The minimum absolute atomic E-state index is 0.125. The number of nitrogens with one attached hydrogen (secondary N) is 1. The molecule has 0 saturated carbocycles. The molecule has 3 heterocycles. The van der Waals surface area contributed by atoms with Gasteiger partial charge < -0.3 is 14.8 Å². The Morgan fingerprint density at radius 1 is 1.15 bits per heavy atom. The van der Waals surface area contributed by atoms with E-state index in [4.69, 9.17) is 21.0 Å². The highest BCUT2D eigenvalue weighted by Crippen LogP contribution is 2.42. The van der Waals surface area contributed by atoms with Crippen molar-refractivity contribution in [3.8, 4) is 17.0 Å². The van der Waals surface area contributed by atoms with Crippen LogP contribution in [0.2, 0.25) is 5.02 Å². The van der Waals surface area contributed by atoms with Gasteiger partial charge in [0.2, 0.25) is 17.1 Å². The Labute approximate surface area is 242 Å². The van der Waals surface area contributed by atoms with Crippen LogP contribution in [-0.4, -0.2) is 40.5 Å². The Hall–Kier alpha value is -3.46. The van der Waals surface area contributed by atoms with Gasteiger partial charge in [-0.05, 0) is 50.6 Å². The second-order valence-corrected chi connectivity index (χ2v) is 11.7. The van der Waals surface area contributed by atoms with Crippen molar-refractivity contribution >= 4 is 28.8 Å². The predicted molar refractivity (Wildman–Crippen MR) is 158 cm³/mol. The fourth-order valence-electron chi connectivity index (χ4n) is 5.29. The first-order valence-electron chi connectivity index (χ1n) is 13.4. The van der Waals surface area contributed by atoms with Gasteiger partial charge in [-0.15, -0.1) is 11.3 Å². The van der Waals surface area contributed by atoms with Crippen LogP contribution in [0.4, 0.5) is 0 Å². The van der Waals surface area contributed by atoms with E-state index in [2.05, 4.69) is 22.3 Å². The van der Waals surface area contributed by atoms with Crippen molar-refractivity contribution in [3.05, 3.63) is 103 Å². The lowest BCUT2D eigenvalue weighted by atomic mass is 9.72. The molecule has 1 fully saturated rings. The molecule has 1 aliphatic rings. The zero-order chi connectivity index (χ0) is 28.1. The molecule has 7 nitrogen and oxygen atoms in total. The van der Waals surface area contributed by atoms with Crippen LogP contribution in [0.15, 0.2) is 75.3 Å². The third-order valence-corrected chi connectivity index (χ3v) is 8.60. The summed E-state index contributed by atoms with van der Waals surface area (Å²) in [6.45, 7) is 4.36. The van der Waals surface area contributed by atoms with Crippen LogP contribution in [0, 0.1) is 6.92 Å². The Morgan fingerprint density at radius 2 is 1.88 bits per heavy atom. The average Bonchev–Trinajstić information content (AvgIpc) is 3.42. The molecule has 0 radical (unpaired) electrons. The molecular weight excluding hydrogens is 546 g/mol. The molecule has 2 aromatic carbocycles. The van der Waals surface area contributed by atoms with Crippen LogP contribution in [0.3, 0.4) is 0 Å². The maximum Gasteiger partial charge on any atom is 0.227 e. The van der Waals surface area contributed by atoms with Crippen LogP contribution < -0.4 is 10.7 Å². The zero-order valence-electron chi connectivity index (χ0n) is 22.4. The largest absolute Gasteiger partial charge is 0.502 e. The average molecular weight is 578 g/mol. The molecular formula is C31H32ClN3O4S. The molecule has 1 saturated heterocycles. The molecule has 0 atom stereocenters. The zero-order valence-corrected chi connectivity index (χ0v) is 23.9. The lowest BCUT2D eigenvalue weighted by Gasteiger charge is -2.41. The molecule has 40 heavy (non-hydrogen) atoms. The molecule has 2 N–H and O–H groups in total. The van der Waals surface area contributed by atoms with Gasteiger partial charge in [0.1, 0.15) is 5.76 Å². The summed E-state index contributed by atoms with van der Waals surface area (Å²) in [6.07, 6.45) is 1.90. The summed E-state index contributed by atoms with van der Waals surface area (Å²) in [5.74, 6) is 0.103. The number of hydrogen-bond donors (Lipinski definition) is 2. The van der Waals surface area contributed by atoms with E-state index < -0.39 is 16.6 Å². The molecule has 2 aromatic heterocycles. The maximum absolute atomic E-state index is 13.2. The third-order valence-electron chi connectivity index (χ3n) is 7.44. The fraction of sp³-hybridized carbons (Fsp3) is 0.323. The van der Waals surface area contributed by atoms with Gasteiger partial charge in [-0.25, -0.2) is 4.98 Å². The van der Waals surface area contributed by atoms with E-state index in [1.807, 2.05) is 47.8 Å². The van der Waals surface area contributed by atoms with Gasteiger partial charge in [-0.1, -0.05) is 54.1 Å². The molecule has 0 spiro atoms. The Morgan fingerprint density at radius 3 is 2.60 bits per heavy atom. The van der Waals surface area contributed by atoms with Crippen molar-refractivity contribution in [2.75, 3.05) is 19.6 Å². The number of hydrogen-bond acceptors (Lipinski definition) is 7. The summed E-state index contributed by atoms with van der Waals surface area (Å²) >= 11 is 7.54. The quantitative estimate of drug-likeness (QED) is 0.264. The van der Waals surface area contributed by atoms with E-state index in [0.29, 0.717) is 49.7 Å². The Bertz CT molecular complexity index is 1510. The summed E-state index contributed by atoms with van der Waals surface area (Å²) in [4.78, 5) is 32.7. The van der Waals surface area contributed by atoms with E-state index in [1.165, 1.54) is 11.6 Å². The van der Waals surface area contributed by atoms with Crippen molar-refractivity contribution in [1.82, 2.24) is 15.2 Å². The van der Waals surface area contributed by atoms with Crippen LogP contribution in [0.5, 0.6) is 5.75 Å². The normalized spacial score (nSPS) is 15.2. The number of nitrogens with zero attached hydrogens (tertiary/aromatic N) is 2. The number of aromatic hydroxyl groups is 1. The van der Waals surface area contributed by atoms with E-state index in [0.717, 1.165) is 22.8 Å². The number of likely N-dealkylation sites (tertiary alicyclic amines) is 1. The fourth-order valence-corrected chi connectivity index (χ4v) is 6.22. The van der Waals surface area contributed by atoms with Crippen LogP contribution in [0.25, 0.3) is 11.3 Å². The first-order valence-corrected chi connectivity index (χ1v) is 14.6.